The van der Waals surface area contributed by atoms with E-state index in [1.54, 1.807) is 0 Å². The van der Waals surface area contributed by atoms with Crippen LogP contribution in [0.25, 0.3) is 0 Å². The number of rotatable bonds is 6. The molecule has 0 aliphatic carbocycles. The van der Waals surface area contributed by atoms with Gasteiger partial charge in [0, 0.05) is 0 Å². The van der Waals surface area contributed by atoms with Crippen molar-refractivity contribution < 1.29 is 10.2 Å². The number of hydrogen-bond donors (Lipinski definition) is 2. The van der Waals surface area contributed by atoms with Crippen molar-refractivity contribution >= 4 is 0 Å². The van der Waals surface area contributed by atoms with Crippen molar-refractivity contribution in [2.24, 2.45) is 11.8 Å². The second-order valence-electron chi connectivity index (χ2n) is 5.42. The minimum absolute atomic E-state index is 0.0833. The number of aliphatic hydroxyl groups is 2. The minimum Gasteiger partial charge on any atom is -0.393 e. The maximum absolute atomic E-state index is 9.13. The van der Waals surface area contributed by atoms with E-state index < -0.39 is 0 Å². The highest BCUT2D eigenvalue weighted by molar-refractivity contribution is 4.57. The second-order valence-corrected chi connectivity index (χ2v) is 5.42. The Hall–Kier alpha value is -0.0800. The Bertz CT molecular complexity index is 123. The second kappa shape index (κ2) is 11.4. The van der Waals surface area contributed by atoms with Gasteiger partial charge in [0.25, 0.3) is 0 Å². The first-order valence-corrected chi connectivity index (χ1v) is 6.67. The van der Waals surface area contributed by atoms with Crippen LogP contribution in [0, 0.1) is 11.8 Å². The van der Waals surface area contributed by atoms with Crippen molar-refractivity contribution in [2.45, 2.75) is 79.4 Å². The summed E-state index contributed by atoms with van der Waals surface area (Å²) in [7, 11) is 0. The first-order chi connectivity index (χ1) is 7.31. The van der Waals surface area contributed by atoms with Gasteiger partial charge in [0.2, 0.25) is 0 Å². The Kier molecular flexibility index (Phi) is 13.0. The van der Waals surface area contributed by atoms with E-state index in [1.807, 2.05) is 20.8 Å². The molecule has 2 nitrogen and oxygen atoms in total. The average molecular weight is 232 g/mol. The average Bonchev–Trinajstić information content (AvgIpc) is 2.16. The largest absolute Gasteiger partial charge is 0.393 e. The summed E-state index contributed by atoms with van der Waals surface area (Å²) in [4.78, 5) is 0. The van der Waals surface area contributed by atoms with Crippen molar-refractivity contribution in [3.63, 3.8) is 0 Å². The van der Waals surface area contributed by atoms with Gasteiger partial charge in [-0.15, -0.1) is 0 Å². The molecule has 100 valence electrons. The van der Waals surface area contributed by atoms with E-state index in [2.05, 4.69) is 20.8 Å². The minimum atomic E-state index is -0.114. The summed E-state index contributed by atoms with van der Waals surface area (Å²) in [6, 6.07) is 0. The van der Waals surface area contributed by atoms with Gasteiger partial charge in [-0.05, 0) is 38.0 Å². The van der Waals surface area contributed by atoms with Gasteiger partial charge in [0.05, 0.1) is 12.2 Å². The zero-order valence-corrected chi connectivity index (χ0v) is 12.0. The summed E-state index contributed by atoms with van der Waals surface area (Å²) in [5, 5.41) is 17.9. The summed E-state index contributed by atoms with van der Waals surface area (Å²) >= 11 is 0. The molecule has 2 heteroatoms. The van der Waals surface area contributed by atoms with E-state index in [1.165, 1.54) is 0 Å². The molecule has 0 aromatic rings. The lowest BCUT2D eigenvalue weighted by Crippen LogP contribution is -2.13. The summed E-state index contributed by atoms with van der Waals surface area (Å²) in [5.74, 6) is 1.15. The molecule has 0 aliphatic heterocycles. The normalized spacial score (nSPS) is 14.6. The molecule has 0 aromatic carbocycles. The maximum Gasteiger partial charge on any atom is 0.0563 e. The van der Waals surface area contributed by atoms with Crippen molar-refractivity contribution in [2.75, 3.05) is 0 Å². The van der Waals surface area contributed by atoms with Gasteiger partial charge in [0.1, 0.15) is 0 Å². The first-order valence-electron chi connectivity index (χ1n) is 6.67. The van der Waals surface area contributed by atoms with Crippen LogP contribution in [0.3, 0.4) is 0 Å². The van der Waals surface area contributed by atoms with Gasteiger partial charge in [-0.2, -0.15) is 0 Å². The molecule has 0 saturated carbocycles. The molecule has 0 bridgehead atoms. The zero-order chi connectivity index (χ0) is 13.1. The van der Waals surface area contributed by atoms with Crippen LogP contribution in [0.4, 0.5) is 0 Å². The molecule has 0 spiro atoms. The van der Waals surface area contributed by atoms with Crippen molar-refractivity contribution in [3.05, 3.63) is 0 Å². The van der Waals surface area contributed by atoms with E-state index >= 15 is 0 Å². The van der Waals surface area contributed by atoms with Gasteiger partial charge in [0.15, 0.2) is 0 Å². The number of hydrogen-bond acceptors (Lipinski definition) is 2. The lowest BCUT2D eigenvalue weighted by atomic mass is 10.0. The highest BCUT2D eigenvalue weighted by atomic mass is 16.3. The molecule has 2 unspecified atom stereocenters. The highest BCUT2D eigenvalue weighted by Crippen LogP contribution is 2.06. The fourth-order valence-corrected chi connectivity index (χ4v) is 1.20. The fourth-order valence-electron chi connectivity index (χ4n) is 1.20. The maximum atomic E-state index is 9.13. The lowest BCUT2D eigenvalue weighted by Gasteiger charge is -2.11. The van der Waals surface area contributed by atoms with E-state index in [0.29, 0.717) is 5.92 Å². The summed E-state index contributed by atoms with van der Waals surface area (Å²) in [5.41, 5.74) is 0. The molecule has 0 aromatic heterocycles. The molecule has 0 fully saturated rings. The molecule has 0 aliphatic rings. The molecule has 0 rings (SSSR count). The topological polar surface area (TPSA) is 40.5 Å². The van der Waals surface area contributed by atoms with Crippen LogP contribution in [0.15, 0.2) is 0 Å². The standard InChI is InChI=1S/2C7H16O/c1-6(2)4-5-7(3)8;1-4-5-7(8)6(2)3/h2*6-8H,4-5H2,1-3H3. The van der Waals surface area contributed by atoms with E-state index in [0.717, 1.165) is 31.6 Å². The Morgan fingerprint density at radius 2 is 1.31 bits per heavy atom. The summed E-state index contributed by atoms with van der Waals surface area (Å²) in [6.45, 7) is 12.3. The van der Waals surface area contributed by atoms with E-state index in [-0.39, 0.29) is 12.2 Å². The Balaban J connectivity index is 0. The molecule has 2 N–H and O–H groups in total. The molecule has 2 atom stereocenters. The fraction of sp³-hybridized carbons (Fsp3) is 1.00. The molecular weight excluding hydrogens is 200 g/mol. The number of aliphatic hydroxyl groups excluding tert-OH is 2. The van der Waals surface area contributed by atoms with Crippen molar-refractivity contribution in [3.8, 4) is 0 Å². The molecule has 16 heavy (non-hydrogen) atoms. The predicted octanol–water partition coefficient (Wildman–Crippen LogP) is 3.61. The van der Waals surface area contributed by atoms with E-state index in [9.17, 15) is 0 Å². The van der Waals surface area contributed by atoms with Crippen LogP contribution in [-0.4, -0.2) is 22.4 Å². The smallest absolute Gasteiger partial charge is 0.0563 e. The Morgan fingerprint density at radius 1 is 0.812 bits per heavy atom. The van der Waals surface area contributed by atoms with Gasteiger partial charge >= 0.3 is 0 Å². The van der Waals surface area contributed by atoms with Gasteiger partial charge in [-0.25, -0.2) is 0 Å². The quantitative estimate of drug-likeness (QED) is 0.734. The predicted molar refractivity (Wildman–Crippen MR) is 71.5 cm³/mol. The molecule has 0 saturated heterocycles. The Morgan fingerprint density at radius 3 is 1.44 bits per heavy atom. The van der Waals surface area contributed by atoms with Gasteiger partial charge < -0.3 is 10.2 Å². The van der Waals surface area contributed by atoms with E-state index in [4.69, 9.17) is 10.2 Å². The van der Waals surface area contributed by atoms with Gasteiger partial charge in [-0.3, -0.25) is 0 Å². The zero-order valence-electron chi connectivity index (χ0n) is 12.0. The first kappa shape index (κ1) is 18.3. The van der Waals surface area contributed by atoms with Crippen LogP contribution < -0.4 is 0 Å². The van der Waals surface area contributed by atoms with Crippen LogP contribution in [0.2, 0.25) is 0 Å². The third-order valence-corrected chi connectivity index (χ3v) is 2.52. The SMILES string of the molecule is CC(C)CCC(C)O.CCCC(O)C(C)C. The molecule has 0 amide bonds. The van der Waals surface area contributed by atoms with Crippen LogP contribution in [0.1, 0.15) is 67.2 Å². The molecular formula is C14H32O2. The van der Waals surface area contributed by atoms with Crippen molar-refractivity contribution in [1.29, 1.82) is 0 Å². The van der Waals surface area contributed by atoms with Gasteiger partial charge in [-0.1, -0.05) is 41.0 Å². The summed E-state index contributed by atoms with van der Waals surface area (Å²) in [6.07, 6.45) is 3.91. The third kappa shape index (κ3) is 16.4. The highest BCUT2D eigenvalue weighted by Gasteiger charge is 2.05. The Labute approximate surface area is 102 Å². The molecule has 0 heterocycles. The van der Waals surface area contributed by atoms with Crippen LogP contribution in [0.5, 0.6) is 0 Å². The lowest BCUT2D eigenvalue weighted by molar-refractivity contribution is 0.115. The van der Waals surface area contributed by atoms with Crippen LogP contribution in [-0.2, 0) is 0 Å². The summed E-state index contributed by atoms with van der Waals surface area (Å²) < 4.78 is 0. The van der Waals surface area contributed by atoms with Crippen LogP contribution >= 0.6 is 0 Å². The van der Waals surface area contributed by atoms with Crippen molar-refractivity contribution in [1.82, 2.24) is 0 Å². The molecule has 0 radical (unpaired) electrons. The monoisotopic (exact) mass is 232 g/mol. The third-order valence-electron chi connectivity index (χ3n) is 2.52.